The zero-order valence-corrected chi connectivity index (χ0v) is 15.0. The van der Waals surface area contributed by atoms with E-state index in [0.717, 1.165) is 25.9 Å². The van der Waals surface area contributed by atoms with Crippen molar-refractivity contribution in [2.45, 2.75) is 51.8 Å². The molecule has 1 amide bonds. The van der Waals surface area contributed by atoms with Crippen LogP contribution in [-0.4, -0.2) is 47.4 Å². The van der Waals surface area contributed by atoms with Crippen molar-refractivity contribution in [1.29, 1.82) is 0 Å². The first-order chi connectivity index (χ1) is 11.4. The van der Waals surface area contributed by atoms with Crippen molar-refractivity contribution < 1.29 is 14.6 Å². The molecule has 0 spiro atoms. The van der Waals surface area contributed by atoms with Gasteiger partial charge in [0.25, 0.3) is 0 Å². The highest BCUT2D eigenvalue weighted by molar-refractivity contribution is 5.67. The van der Waals surface area contributed by atoms with E-state index >= 15 is 0 Å². The molecular formula is C19H30N2O3. The van der Waals surface area contributed by atoms with Crippen LogP contribution in [0, 0.1) is 5.92 Å². The number of rotatable bonds is 5. The number of ether oxygens (including phenoxy) is 1. The second-order valence-electron chi connectivity index (χ2n) is 7.58. The molecule has 2 atom stereocenters. The van der Waals surface area contributed by atoms with Crippen LogP contribution >= 0.6 is 0 Å². The Kier molecular flexibility index (Phi) is 6.63. The number of carbonyl (C=O) groups is 1. The second kappa shape index (κ2) is 8.49. The SMILES string of the molecule is CC(C)(C)OC(=O)NCC1CCC(CO)CN1Cc1ccccc1. The van der Waals surface area contributed by atoms with Gasteiger partial charge in [0, 0.05) is 32.3 Å². The number of nitrogens with zero attached hydrogens (tertiary/aromatic N) is 1. The molecule has 1 heterocycles. The lowest BCUT2D eigenvalue weighted by Gasteiger charge is -2.39. The van der Waals surface area contributed by atoms with Gasteiger partial charge < -0.3 is 15.2 Å². The van der Waals surface area contributed by atoms with Crippen molar-refractivity contribution in [2.24, 2.45) is 5.92 Å². The largest absolute Gasteiger partial charge is 0.444 e. The van der Waals surface area contributed by atoms with Crippen LogP contribution in [0.1, 0.15) is 39.2 Å². The summed E-state index contributed by atoms with van der Waals surface area (Å²) < 4.78 is 5.32. The highest BCUT2D eigenvalue weighted by atomic mass is 16.6. The Bertz CT molecular complexity index is 513. The minimum Gasteiger partial charge on any atom is -0.444 e. The highest BCUT2D eigenvalue weighted by Gasteiger charge is 2.28. The summed E-state index contributed by atoms with van der Waals surface area (Å²) in [6.45, 7) is 8.06. The van der Waals surface area contributed by atoms with Gasteiger partial charge in [0.1, 0.15) is 5.60 Å². The fourth-order valence-electron chi connectivity index (χ4n) is 3.09. The van der Waals surface area contributed by atoms with E-state index in [1.165, 1.54) is 5.56 Å². The Labute approximate surface area is 145 Å². The number of aliphatic hydroxyl groups is 1. The molecule has 5 heteroatoms. The van der Waals surface area contributed by atoms with Gasteiger partial charge in [-0.3, -0.25) is 4.90 Å². The molecule has 0 bridgehead atoms. The fraction of sp³-hybridized carbons (Fsp3) is 0.632. The van der Waals surface area contributed by atoms with Gasteiger partial charge in [0.2, 0.25) is 0 Å². The molecular weight excluding hydrogens is 304 g/mol. The average molecular weight is 334 g/mol. The lowest BCUT2D eigenvalue weighted by molar-refractivity contribution is 0.0435. The molecule has 24 heavy (non-hydrogen) atoms. The summed E-state index contributed by atoms with van der Waals surface area (Å²) in [6, 6.07) is 10.6. The van der Waals surface area contributed by atoms with Crippen LogP contribution in [0.25, 0.3) is 0 Å². The molecule has 0 aromatic heterocycles. The van der Waals surface area contributed by atoms with Crippen molar-refractivity contribution in [2.75, 3.05) is 19.7 Å². The Morgan fingerprint density at radius 1 is 1.29 bits per heavy atom. The number of carbonyl (C=O) groups excluding carboxylic acids is 1. The van der Waals surface area contributed by atoms with E-state index in [1.807, 2.05) is 39.0 Å². The summed E-state index contributed by atoms with van der Waals surface area (Å²) in [6.07, 6.45) is 1.59. The van der Waals surface area contributed by atoms with E-state index in [1.54, 1.807) is 0 Å². The normalized spacial score (nSPS) is 22.2. The van der Waals surface area contributed by atoms with Crippen molar-refractivity contribution in [3.63, 3.8) is 0 Å². The van der Waals surface area contributed by atoms with Gasteiger partial charge >= 0.3 is 6.09 Å². The lowest BCUT2D eigenvalue weighted by Crippen LogP contribution is -2.49. The number of amides is 1. The van der Waals surface area contributed by atoms with Crippen LogP contribution in [0.2, 0.25) is 0 Å². The number of alkyl carbamates (subject to hydrolysis) is 1. The maximum atomic E-state index is 11.9. The molecule has 1 aliphatic rings. The van der Waals surface area contributed by atoms with Gasteiger partial charge in [-0.25, -0.2) is 4.79 Å². The molecule has 5 nitrogen and oxygen atoms in total. The van der Waals surface area contributed by atoms with E-state index in [0.29, 0.717) is 12.5 Å². The Morgan fingerprint density at radius 2 is 2.00 bits per heavy atom. The highest BCUT2D eigenvalue weighted by Crippen LogP contribution is 2.23. The first-order valence-corrected chi connectivity index (χ1v) is 8.73. The minimum absolute atomic E-state index is 0.220. The van der Waals surface area contributed by atoms with Gasteiger partial charge in [-0.2, -0.15) is 0 Å². The van der Waals surface area contributed by atoms with Crippen LogP contribution in [0.3, 0.4) is 0 Å². The van der Waals surface area contributed by atoms with Crippen LogP contribution in [-0.2, 0) is 11.3 Å². The standard InChI is InChI=1S/C19H30N2O3/c1-19(2,3)24-18(23)20-11-17-10-9-16(14-22)13-21(17)12-15-7-5-4-6-8-15/h4-8,16-17,22H,9-14H2,1-3H3,(H,20,23). The third kappa shape index (κ3) is 6.13. The Balaban J connectivity index is 1.93. The summed E-state index contributed by atoms with van der Waals surface area (Å²) in [7, 11) is 0. The van der Waals surface area contributed by atoms with Gasteiger partial charge in [0.15, 0.2) is 0 Å². The van der Waals surface area contributed by atoms with Crippen molar-refractivity contribution in [3.8, 4) is 0 Å². The number of hydrogen-bond acceptors (Lipinski definition) is 4. The lowest BCUT2D eigenvalue weighted by atomic mass is 9.92. The third-order valence-corrected chi connectivity index (χ3v) is 4.28. The molecule has 1 aliphatic heterocycles. The van der Waals surface area contributed by atoms with Crippen LogP contribution in [0.15, 0.2) is 30.3 Å². The number of hydrogen-bond donors (Lipinski definition) is 2. The third-order valence-electron chi connectivity index (χ3n) is 4.28. The summed E-state index contributed by atoms with van der Waals surface area (Å²) in [4.78, 5) is 14.3. The van der Waals surface area contributed by atoms with E-state index in [9.17, 15) is 9.90 Å². The molecule has 0 aliphatic carbocycles. The zero-order valence-electron chi connectivity index (χ0n) is 15.0. The summed E-state index contributed by atoms with van der Waals surface area (Å²) in [5.41, 5.74) is 0.765. The first kappa shape index (κ1) is 18.7. The van der Waals surface area contributed by atoms with E-state index in [-0.39, 0.29) is 18.7 Å². The van der Waals surface area contributed by atoms with Crippen molar-refractivity contribution >= 4 is 6.09 Å². The van der Waals surface area contributed by atoms with Crippen molar-refractivity contribution in [1.82, 2.24) is 10.2 Å². The number of nitrogens with one attached hydrogen (secondary N) is 1. The maximum Gasteiger partial charge on any atom is 0.407 e. The predicted molar refractivity (Wildman–Crippen MR) is 94.7 cm³/mol. The molecule has 2 unspecified atom stereocenters. The molecule has 2 N–H and O–H groups in total. The topological polar surface area (TPSA) is 61.8 Å². The monoisotopic (exact) mass is 334 g/mol. The predicted octanol–water partition coefficient (Wildman–Crippen LogP) is 2.78. The van der Waals surface area contributed by atoms with Gasteiger partial charge in [-0.1, -0.05) is 30.3 Å². The molecule has 0 radical (unpaired) electrons. The summed E-state index contributed by atoms with van der Waals surface area (Å²) in [5, 5.41) is 12.4. The van der Waals surface area contributed by atoms with Crippen LogP contribution < -0.4 is 5.32 Å². The summed E-state index contributed by atoms with van der Waals surface area (Å²) in [5.74, 6) is 0.312. The first-order valence-electron chi connectivity index (χ1n) is 8.73. The van der Waals surface area contributed by atoms with Crippen molar-refractivity contribution in [3.05, 3.63) is 35.9 Å². The zero-order chi connectivity index (χ0) is 17.6. The van der Waals surface area contributed by atoms with Gasteiger partial charge in [0.05, 0.1) is 0 Å². The quantitative estimate of drug-likeness (QED) is 0.869. The van der Waals surface area contributed by atoms with Crippen LogP contribution in [0.4, 0.5) is 4.79 Å². The number of piperidine rings is 1. The molecule has 1 fully saturated rings. The van der Waals surface area contributed by atoms with E-state index in [4.69, 9.17) is 4.74 Å². The Morgan fingerprint density at radius 3 is 2.62 bits per heavy atom. The molecule has 134 valence electrons. The Hall–Kier alpha value is -1.59. The molecule has 1 aromatic rings. The molecule has 2 rings (SSSR count). The smallest absolute Gasteiger partial charge is 0.407 e. The number of benzene rings is 1. The van der Waals surface area contributed by atoms with Crippen LogP contribution in [0.5, 0.6) is 0 Å². The fourth-order valence-corrected chi connectivity index (χ4v) is 3.09. The molecule has 1 aromatic carbocycles. The summed E-state index contributed by atoms with van der Waals surface area (Å²) >= 11 is 0. The average Bonchev–Trinajstić information content (AvgIpc) is 2.53. The van der Waals surface area contributed by atoms with E-state index in [2.05, 4.69) is 22.3 Å². The van der Waals surface area contributed by atoms with Gasteiger partial charge in [-0.15, -0.1) is 0 Å². The number of likely N-dealkylation sites (tertiary alicyclic amines) is 1. The number of aliphatic hydroxyl groups excluding tert-OH is 1. The molecule has 0 saturated carbocycles. The second-order valence-corrected chi connectivity index (χ2v) is 7.58. The van der Waals surface area contributed by atoms with Gasteiger partial charge in [-0.05, 0) is 45.1 Å². The molecule has 1 saturated heterocycles. The maximum absolute atomic E-state index is 11.9. The minimum atomic E-state index is -0.484. The van der Waals surface area contributed by atoms with E-state index < -0.39 is 5.60 Å².